The number of benzene rings is 1. The van der Waals surface area contributed by atoms with Crippen LogP contribution in [0.4, 0.5) is 4.79 Å². The number of carbonyl (C=O) groups is 1. The zero-order valence-electron chi connectivity index (χ0n) is 12.6. The largest absolute Gasteiger partial charge is 0.337 e. The summed E-state index contributed by atoms with van der Waals surface area (Å²) in [6.07, 6.45) is 6.64. The van der Waals surface area contributed by atoms with Gasteiger partial charge in [0, 0.05) is 30.3 Å². The summed E-state index contributed by atoms with van der Waals surface area (Å²) in [5.74, 6) is 1.70. The van der Waals surface area contributed by atoms with Crippen molar-refractivity contribution in [3.8, 4) is 0 Å². The molecule has 1 saturated heterocycles. The van der Waals surface area contributed by atoms with Crippen LogP contribution < -0.4 is 5.32 Å². The lowest BCUT2D eigenvalue weighted by Crippen LogP contribution is -2.40. The first-order valence-corrected chi connectivity index (χ1v) is 9.17. The number of nitrogens with zero attached hydrogens (tertiary/aromatic N) is 1. The fraction of sp³-hybridized carbons (Fsp3) is 0.471. The third-order valence-corrected chi connectivity index (χ3v) is 5.85. The SMILES string of the molecule is O=C(NCC[S@@](=O)c1ccccc1)N1C[C@H]2CC=CC[C@@H]2C1. The van der Waals surface area contributed by atoms with Gasteiger partial charge in [-0.1, -0.05) is 30.4 Å². The Morgan fingerprint density at radius 2 is 1.77 bits per heavy atom. The highest BCUT2D eigenvalue weighted by Gasteiger charge is 2.34. The molecule has 1 fully saturated rings. The molecule has 1 heterocycles. The lowest BCUT2D eigenvalue weighted by molar-refractivity contribution is 0.207. The quantitative estimate of drug-likeness (QED) is 0.867. The summed E-state index contributed by atoms with van der Waals surface area (Å²) in [7, 11) is -1.05. The molecule has 0 aromatic heterocycles. The number of amides is 2. The van der Waals surface area contributed by atoms with Crippen LogP contribution in [0.15, 0.2) is 47.4 Å². The molecule has 4 nitrogen and oxygen atoms in total. The molecular weight excluding hydrogens is 296 g/mol. The van der Waals surface area contributed by atoms with Gasteiger partial charge in [0.15, 0.2) is 0 Å². The molecule has 1 aromatic rings. The average Bonchev–Trinajstić information content (AvgIpc) is 2.99. The van der Waals surface area contributed by atoms with E-state index in [0.717, 1.165) is 30.8 Å². The second kappa shape index (κ2) is 7.09. The summed E-state index contributed by atoms with van der Waals surface area (Å²) in [6, 6.07) is 9.37. The van der Waals surface area contributed by atoms with Crippen LogP contribution in [0, 0.1) is 11.8 Å². The molecule has 5 heteroatoms. The van der Waals surface area contributed by atoms with Gasteiger partial charge >= 0.3 is 6.03 Å². The Hall–Kier alpha value is -1.62. The zero-order valence-corrected chi connectivity index (χ0v) is 13.4. The topological polar surface area (TPSA) is 49.4 Å². The lowest BCUT2D eigenvalue weighted by Gasteiger charge is -2.17. The van der Waals surface area contributed by atoms with Crippen molar-refractivity contribution in [3.05, 3.63) is 42.5 Å². The summed E-state index contributed by atoms with van der Waals surface area (Å²) in [4.78, 5) is 14.9. The number of hydrogen-bond acceptors (Lipinski definition) is 2. The van der Waals surface area contributed by atoms with E-state index in [2.05, 4.69) is 17.5 Å². The molecular formula is C17H22N2O2S. The maximum atomic E-state index is 12.2. The maximum Gasteiger partial charge on any atom is 0.317 e. The van der Waals surface area contributed by atoms with Crippen LogP contribution in [0.2, 0.25) is 0 Å². The summed E-state index contributed by atoms with van der Waals surface area (Å²) < 4.78 is 12.1. The fourth-order valence-electron chi connectivity index (χ4n) is 3.23. The Kier molecular flexibility index (Phi) is 4.93. The Bertz CT molecular complexity index is 557. The molecule has 1 N–H and O–H groups in total. The molecule has 0 bridgehead atoms. The van der Waals surface area contributed by atoms with Crippen LogP contribution in [-0.2, 0) is 10.8 Å². The first-order valence-electron chi connectivity index (χ1n) is 7.85. The predicted octanol–water partition coefficient (Wildman–Crippen LogP) is 2.40. The highest BCUT2D eigenvalue weighted by Crippen LogP contribution is 2.32. The van der Waals surface area contributed by atoms with Gasteiger partial charge < -0.3 is 10.2 Å². The van der Waals surface area contributed by atoms with Gasteiger partial charge in [-0.15, -0.1) is 0 Å². The molecule has 0 saturated carbocycles. The van der Waals surface area contributed by atoms with Crippen molar-refractivity contribution < 1.29 is 9.00 Å². The summed E-state index contributed by atoms with van der Waals surface area (Å²) in [5, 5.41) is 2.91. The Morgan fingerprint density at radius 3 is 2.41 bits per heavy atom. The van der Waals surface area contributed by atoms with Gasteiger partial charge in [0.05, 0.1) is 10.8 Å². The fourth-order valence-corrected chi connectivity index (χ4v) is 4.22. The number of rotatable bonds is 4. The van der Waals surface area contributed by atoms with E-state index in [1.807, 2.05) is 35.2 Å². The summed E-state index contributed by atoms with van der Waals surface area (Å²) in [6.45, 7) is 2.15. The monoisotopic (exact) mass is 318 g/mol. The third kappa shape index (κ3) is 3.58. The number of allylic oxidation sites excluding steroid dienone is 2. The van der Waals surface area contributed by atoms with Crippen molar-refractivity contribution in [2.75, 3.05) is 25.4 Å². The van der Waals surface area contributed by atoms with Crippen molar-refractivity contribution in [3.63, 3.8) is 0 Å². The van der Waals surface area contributed by atoms with Crippen molar-refractivity contribution in [2.24, 2.45) is 11.8 Å². The zero-order chi connectivity index (χ0) is 15.4. The van der Waals surface area contributed by atoms with Crippen LogP contribution in [0.3, 0.4) is 0 Å². The van der Waals surface area contributed by atoms with Gasteiger partial charge in [-0.3, -0.25) is 4.21 Å². The number of likely N-dealkylation sites (tertiary alicyclic amines) is 1. The predicted molar refractivity (Wildman–Crippen MR) is 88.0 cm³/mol. The van der Waals surface area contributed by atoms with Gasteiger partial charge in [-0.05, 0) is 36.8 Å². The van der Waals surface area contributed by atoms with Crippen LogP contribution in [0.1, 0.15) is 12.8 Å². The van der Waals surface area contributed by atoms with Crippen molar-refractivity contribution >= 4 is 16.8 Å². The van der Waals surface area contributed by atoms with E-state index in [-0.39, 0.29) is 6.03 Å². The Labute approximate surface area is 134 Å². The molecule has 1 aliphatic heterocycles. The van der Waals surface area contributed by atoms with Crippen molar-refractivity contribution in [2.45, 2.75) is 17.7 Å². The number of hydrogen-bond donors (Lipinski definition) is 1. The van der Waals surface area contributed by atoms with Gasteiger partial charge in [-0.2, -0.15) is 0 Å². The summed E-state index contributed by atoms with van der Waals surface area (Å²) >= 11 is 0. The van der Waals surface area contributed by atoms with Gasteiger partial charge in [0.2, 0.25) is 0 Å². The molecule has 2 aliphatic rings. The van der Waals surface area contributed by atoms with E-state index >= 15 is 0 Å². The molecule has 1 aromatic carbocycles. The molecule has 22 heavy (non-hydrogen) atoms. The highest BCUT2D eigenvalue weighted by atomic mass is 32.2. The van der Waals surface area contributed by atoms with Crippen LogP contribution >= 0.6 is 0 Å². The first kappa shape index (κ1) is 15.3. The smallest absolute Gasteiger partial charge is 0.317 e. The first-order chi connectivity index (χ1) is 10.7. The van der Waals surface area contributed by atoms with Crippen LogP contribution in [0.5, 0.6) is 0 Å². The maximum absolute atomic E-state index is 12.2. The summed E-state index contributed by atoms with van der Waals surface area (Å²) in [5.41, 5.74) is 0. The van der Waals surface area contributed by atoms with Gasteiger partial charge in [0.25, 0.3) is 0 Å². The molecule has 1 aliphatic carbocycles. The molecule has 0 unspecified atom stereocenters. The van der Waals surface area contributed by atoms with E-state index < -0.39 is 10.8 Å². The standard InChI is InChI=1S/C17H22N2O2S/c20-17(19-12-14-6-4-5-7-15(14)13-19)18-10-11-22(21)16-8-2-1-3-9-16/h1-5,8-9,14-15H,6-7,10-13H2,(H,18,20)/t14-,15-,22-/m1/s1. The minimum atomic E-state index is -1.05. The van der Waals surface area contributed by atoms with Gasteiger partial charge in [-0.25, -0.2) is 4.79 Å². The molecule has 3 rings (SSSR count). The number of carbonyl (C=O) groups excluding carboxylic acids is 1. The number of nitrogens with one attached hydrogen (secondary N) is 1. The normalized spacial score (nSPS) is 24.8. The van der Waals surface area contributed by atoms with E-state index in [9.17, 15) is 9.00 Å². The molecule has 0 radical (unpaired) electrons. The van der Waals surface area contributed by atoms with E-state index in [1.165, 1.54) is 0 Å². The minimum absolute atomic E-state index is 0.0144. The molecule has 3 atom stereocenters. The molecule has 118 valence electrons. The van der Waals surface area contributed by atoms with Crippen LogP contribution in [-0.4, -0.2) is 40.5 Å². The van der Waals surface area contributed by atoms with Crippen molar-refractivity contribution in [1.82, 2.24) is 10.2 Å². The van der Waals surface area contributed by atoms with E-state index in [0.29, 0.717) is 24.1 Å². The molecule has 2 amide bonds. The van der Waals surface area contributed by atoms with E-state index in [1.54, 1.807) is 0 Å². The molecule has 0 spiro atoms. The lowest BCUT2D eigenvalue weighted by atomic mass is 9.86. The number of fused-ring (bicyclic) bond motifs is 1. The second-order valence-electron chi connectivity index (χ2n) is 5.96. The Balaban J connectivity index is 1.42. The average molecular weight is 318 g/mol. The minimum Gasteiger partial charge on any atom is -0.337 e. The Morgan fingerprint density at radius 1 is 1.14 bits per heavy atom. The van der Waals surface area contributed by atoms with E-state index in [4.69, 9.17) is 0 Å². The van der Waals surface area contributed by atoms with Gasteiger partial charge in [0.1, 0.15) is 0 Å². The van der Waals surface area contributed by atoms with Crippen molar-refractivity contribution in [1.29, 1.82) is 0 Å². The van der Waals surface area contributed by atoms with Crippen LogP contribution in [0.25, 0.3) is 0 Å². The second-order valence-corrected chi connectivity index (χ2v) is 7.53. The third-order valence-electron chi connectivity index (χ3n) is 4.48. The highest BCUT2D eigenvalue weighted by molar-refractivity contribution is 7.85. The number of urea groups is 1.